The predicted molar refractivity (Wildman–Crippen MR) is 132 cm³/mol. The van der Waals surface area contributed by atoms with Crippen LogP contribution in [0.25, 0.3) is 0 Å². The minimum absolute atomic E-state index is 0.0108. The molecule has 0 amide bonds. The maximum absolute atomic E-state index is 13.7. The van der Waals surface area contributed by atoms with Crippen LogP contribution in [0.1, 0.15) is 31.4 Å². The SMILES string of the molecule is CC[C@@H](C)NS(=O)(=O)c1ccc(S(=O)(=O)N(Cc2ccccc2)Cc2ccc3c(c2)OCO3)cc1. The highest BCUT2D eigenvalue weighted by molar-refractivity contribution is 7.89. The molecule has 4 rings (SSSR count). The summed E-state index contributed by atoms with van der Waals surface area (Å²) in [6.07, 6.45) is 0.639. The fourth-order valence-corrected chi connectivity index (χ4v) is 6.36. The molecule has 3 aromatic rings. The van der Waals surface area contributed by atoms with E-state index in [1.54, 1.807) is 25.1 Å². The molecule has 10 heteroatoms. The number of benzene rings is 3. The number of sulfonamides is 2. The molecule has 1 atom stereocenters. The predicted octanol–water partition coefficient (Wildman–Crippen LogP) is 3.88. The van der Waals surface area contributed by atoms with Gasteiger partial charge in [-0.05, 0) is 60.9 Å². The molecule has 0 saturated heterocycles. The van der Waals surface area contributed by atoms with Crippen LogP contribution in [-0.4, -0.2) is 34.0 Å². The van der Waals surface area contributed by atoms with Crippen LogP contribution in [0.5, 0.6) is 11.5 Å². The highest BCUT2D eigenvalue weighted by atomic mass is 32.2. The largest absolute Gasteiger partial charge is 0.454 e. The van der Waals surface area contributed by atoms with Crippen molar-refractivity contribution >= 4 is 20.0 Å². The Bertz CT molecular complexity index is 1380. The van der Waals surface area contributed by atoms with E-state index >= 15 is 0 Å². The van der Waals surface area contributed by atoms with Crippen molar-refractivity contribution in [2.24, 2.45) is 0 Å². The quantitative estimate of drug-likeness (QED) is 0.439. The molecule has 1 N–H and O–H groups in total. The zero-order valence-electron chi connectivity index (χ0n) is 19.5. The van der Waals surface area contributed by atoms with Crippen molar-refractivity contribution in [1.82, 2.24) is 9.03 Å². The summed E-state index contributed by atoms with van der Waals surface area (Å²) in [5.41, 5.74) is 1.57. The fraction of sp³-hybridized carbons (Fsp3) is 0.280. The first kappa shape index (κ1) is 25.2. The van der Waals surface area contributed by atoms with Gasteiger partial charge in [0.05, 0.1) is 9.79 Å². The Balaban J connectivity index is 1.64. The Morgan fingerprint density at radius 3 is 2.14 bits per heavy atom. The Labute approximate surface area is 206 Å². The molecule has 0 radical (unpaired) electrons. The summed E-state index contributed by atoms with van der Waals surface area (Å²) >= 11 is 0. The van der Waals surface area contributed by atoms with Crippen LogP contribution in [0.2, 0.25) is 0 Å². The summed E-state index contributed by atoms with van der Waals surface area (Å²) in [5.74, 6) is 1.19. The Morgan fingerprint density at radius 2 is 1.46 bits per heavy atom. The van der Waals surface area contributed by atoms with Crippen LogP contribution in [0.4, 0.5) is 0 Å². The lowest BCUT2D eigenvalue weighted by Crippen LogP contribution is -2.32. The monoisotopic (exact) mass is 516 g/mol. The van der Waals surface area contributed by atoms with Crippen molar-refractivity contribution in [3.8, 4) is 11.5 Å². The van der Waals surface area contributed by atoms with Crippen LogP contribution >= 0.6 is 0 Å². The van der Waals surface area contributed by atoms with E-state index in [0.29, 0.717) is 17.9 Å². The van der Waals surface area contributed by atoms with Crippen LogP contribution in [0.3, 0.4) is 0 Å². The van der Waals surface area contributed by atoms with E-state index in [9.17, 15) is 16.8 Å². The molecule has 0 fully saturated rings. The van der Waals surface area contributed by atoms with Crippen LogP contribution in [0.15, 0.2) is 82.6 Å². The maximum Gasteiger partial charge on any atom is 0.243 e. The molecule has 0 aliphatic carbocycles. The van der Waals surface area contributed by atoms with E-state index in [4.69, 9.17) is 9.47 Å². The molecule has 0 saturated carbocycles. The van der Waals surface area contributed by atoms with Gasteiger partial charge in [0.25, 0.3) is 0 Å². The van der Waals surface area contributed by atoms with Crippen molar-refractivity contribution in [2.45, 2.75) is 49.2 Å². The lowest BCUT2D eigenvalue weighted by Gasteiger charge is -2.23. The molecule has 8 nitrogen and oxygen atoms in total. The van der Waals surface area contributed by atoms with Crippen molar-refractivity contribution in [2.75, 3.05) is 6.79 Å². The molecule has 35 heavy (non-hydrogen) atoms. The smallest absolute Gasteiger partial charge is 0.243 e. The maximum atomic E-state index is 13.7. The average Bonchev–Trinajstić information content (AvgIpc) is 3.32. The standard InChI is InChI=1S/C25H28N2O6S2/c1-3-19(2)26-34(28,29)22-10-12-23(13-11-22)35(30,31)27(16-20-7-5-4-6-8-20)17-21-9-14-24-25(15-21)33-18-32-24/h4-15,19,26H,3,16-18H2,1-2H3/t19-/m1/s1. The molecule has 0 bridgehead atoms. The second-order valence-electron chi connectivity index (χ2n) is 8.35. The minimum atomic E-state index is -3.96. The number of fused-ring (bicyclic) bond motifs is 1. The summed E-state index contributed by atoms with van der Waals surface area (Å²) in [5, 5.41) is 0. The zero-order chi connectivity index (χ0) is 25.1. The first-order valence-electron chi connectivity index (χ1n) is 11.2. The third-order valence-electron chi connectivity index (χ3n) is 5.74. The number of rotatable bonds is 10. The first-order chi connectivity index (χ1) is 16.7. The van der Waals surface area contributed by atoms with E-state index in [1.165, 1.54) is 28.6 Å². The van der Waals surface area contributed by atoms with E-state index in [0.717, 1.165) is 11.1 Å². The van der Waals surface area contributed by atoms with E-state index < -0.39 is 20.0 Å². The van der Waals surface area contributed by atoms with E-state index in [-0.39, 0.29) is 35.7 Å². The Hall–Kier alpha value is -2.92. The van der Waals surface area contributed by atoms with Gasteiger partial charge in [0.1, 0.15) is 0 Å². The molecule has 1 aliphatic rings. The van der Waals surface area contributed by atoms with E-state index in [1.807, 2.05) is 37.3 Å². The summed E-state index contributed by atoms with van der Waals surface area (Å²) in [7, 11) is -7.70. The van der Waals surface area contributed by atoms with Gasteiger partial charge in [0.15, 0.2) is 11.5 Å². The van der Waals surface area contributed by atoms with Gasteiger partial charge < -0.3 is 9.47 Å². The molecular formula is C25H28N2O6S2. The third-order valence-corrected chi connectivity index (χ3v) is 9.15. The normalized spacial score (nSPS) is 14.3. The van der Waals surface area contributed by atoms with Gasteiger partial charge in [-0.25, -0.2) is 21.6 Å². The molecule has 0 unspecified atom stereocenters. The van der Waals surface area contributed by atoms with Gasteiger partial charge in [-0.15, -0.1) is 0 Å². The molecule has 1 aliphatic heterocycles. The van der Waals surface area contributed by atoms with Gasteiger partial charge in [-0.2, -0.15) is 4.31 Å². The van der Waals surface area contributed by atoms with E-state index in [2.05, 4.69) is 4.72 Å². The molecule has 3 aromatic carbocycles. The topological polar surface area (TPSA) is 102 Å². The van der Waals surface area contributed by atoms with Crippen LogP contribution < -0.4 is 14.2 Å². The molecule has 186 valence electrons. The second-order valence-corrected chi connectivity index (χ2v) is 12.0. The summed E-state index contributed by atoms with van der Waals surface area (Å²) < 4.78 is 67.2. The highest BCUT2D eigenvalue weighted by Gasteiger charge is 2.27. The Kier molecular flexibility index (Phi) is 7.46. The van der Waals surface area contributed by atoms with Crippen molar-refractivity contribution in [1.29, 1.82) is 0 Å². The molecule has 0 aromatic heterocycles. The van der Waals surface area contributed by atoms with Crippen LogP contribution in [-0.2, 0) is 33.1 Å². The van der Waals surface area contributed by atoms with Gasteiger partial charge >= 0.3 is 0 Å². The lowest BCUT2D eigenvalue weighted by molar-refractivity contribution is 0.174. The number of hydrogen-bond donors (Lipinski definition) is 1. The zero-order valence-corrected chi connectivity index (χ0v) is 21.2. The molecule has 0 spiro atoms. The van der Waals surface area contributed by atoms with Crippen LogP contribution in [0, 0.1) is 0 Å². The number of ether oxygens (including phenoxy) is 2. The number of hydrogen-bond acceptors (Lipinski definition) is 6. The van der Waals surface area contributed by atoms with Gasteiger partial charge in [0, 0.05) is 19.1 Å². The van der Waals surface area contributed by atoms with Crippen molar-refractivity contribution in [3.05, 3.63) is 83.9 Å². The third kappa shape index (κ3) is 5.84. The Morgan fingerprint density at radius 1 is 0.829 bits per heavy atom. The number of nitrogens with one attached hydrogen (secondary N) is 1. The van der Waals surface area contributed by atoms with Gasteiger partial charge in [0.2, 0.25) is 26.8 Å². The summed E-state index contributed by atoms with van der Waals surface area (Å²) in [6, 6.07) is 19.7. The van der Waals surface area contributed by atoms with Gasteiger partial charge in [-0.1, -0.05) is 43.3 Å². The fourth-order valence-electron chi connectivity index (χ4n) is 3.61. The lowest BCUT2D eigenvalue weighted by atomic mass is 10.2. The van der Waals surface area contributed by atoms with Crippen molar-refractivity contribution in [3.63, 3.8) is 0 Å². The summed E-state index contributed by atoms with van der Waals surface area (Å²) in [4.78, 5) is 0.0267. The molecule has 1 heterocycles. The average molecular weight is 517 g/mol. The highest BCUT2D eigenvalue weighted by Crippen LogP contribution is 2.33. The molecular weight excluding hydrogens is 488 g/mol. The number of nitrogens with zero attached hydrogens (tertiary/aromatic N) is 1. The summed E-state index contributed by atoms with van der Waals surface area (Å²) in [6.45, 7) is 4.03. The second kappa shape index (κ2) is 10.4. The van der Waals surface area contributed by atoms with Gasteiger partial charge in [-0.3, -0.25) is 0 Å². The first-order valence-corrected chi connectivity index (χ1v) is 14.2. The van der Waals surface area contributed by atoms with Crippen molar-refractivity contribution < 1.29 is 26.3 Å². The minimum Gasteiger partial charge on any atom is -0.454 e.